The molecule has 168 valence electrons. The third-order valence-electron chi connectivity index (χ3n) is 5.78. The predicted octanol–water partition coefficient (Wildman–Crippen LogP) is 5.09. The number of hydrogen-bond donors (Lipinski definition) is 1. The molecular weight excluding hydrogens is 453 g/mol. The second-order valence-electron chi connectivity index (χ2n) is 7.82. The maximum Gasteiger partial charge on any atom is 0.309 e. The number of Topliss-reactive ketones (excluding diaryl/α,β-unsaturated/α-hetero) is 1. The fourth-order valence-electron chi connectivity index (χ4n) is 4.04. The maximum absolute atomic E-state index is 12.9. The largest absolute Gasteiger partial charge is 0.507 e. The molecule has 2 aliphatic heterocycles. The van der Waals surface area contributed by atoms with Crippen molar-refractivity contribution in [2.75, 3.05) is 19.7 Å². The quantitative estimate of drug-likeness (QED) is 0.479. The topological polar surface area (TPSA) is 76.1 Å². The van der Waals surface area contributed by atoms with Gasteiger partial charge in [0.25, 0.3) is 0 Å². The molecule has 0 unspecified atom stereocenters. The van der Waals surface area contributed by atoms with E-state index in [1.807, 2.05) is 0 Å². The molecule has 32 heavy (non-hydrogen) atoms. The molecule has 2 aromatic carbocycles. The van der Waals surface area contributed by atoms with Crippen molar-refractivity contribution in [3.8, 4) is 11.5 Å². The van der Waals surface area contributed by atoms with Crippen LogP contribution in [0.1, 0.15) is 41.3 Å². The van der Waals surface area contributed by atoms with Crippen LogP contribution in [0.15, 0.2) is 36.1 Å². The fraction of sp³-hybridized carbons (Fsp3) is 0.333. The normalized spacial score (nSPS) is 18.0. The molecule has 4 rings (SSSR count). The van der Waals surface area contributed by atoms with Gasteiger partial charge < -0.3 is 14.6 Å². The molecule has 2 aliphatic rings. The van der Waals surface area contributed by atoms with E-state index in [-0.39, 0.29) is 29.2 Å². The van der Waals surface area contributed by atoms with Gasteiger partial charge in [0, 0.05) is 22.2 Å². The fourth-order valence-corrected chi connectivity index (χ4v) is 4.55. The lowest BCUT2D eigenvalue weighted by Gasteiger charge is -2.31. The molecule has 0 spiro atoms. The summed E-state index contributed by atoms with van der Waals surface area (Å²) in [5.74, 6) is -0.0503. The Morgan fingerprint density at radius 1 is 1.22 bits per heavy atom. The summed E-state index contributed by atoms with van der Waals surface area (Å²) < 4.78 is 11.0. The number of allylic oxidation sites excluding steroid dienone is 1. The number of phenols is 1. The van der Waals surface area contributed by atoms with E-state index in [9.17, 15) is 14.7 Å². The van der Waals surface area contributed by atoms with Gasteiger partial charge in [-0.2, -0.15) is 0 Å². The minimum absolute atomic E-state index is 0.0566. The maximum atomic E-state index is 12.9. The Hall–Kier alpha value is -2.54. The molecule has 6 nitrogen and oxygen atoms in total. The van der Waals surface area contributed by atoms with Gasteiger partial charge in [0.15, 0.2) is 5.76 Å². The Kier molecular flexibility index (Phi) is 6.74. The smallest absolute Gasteiger partial charge is 0.309 e. The SMILES string of the molecule is CCOC(=O)C1CCN(Cc2c(O)ccc3c2O/C(=C/c2c(Cl)cccc2Cl)C3=O)CC1. The molecule has 2 aromatic rings. The third-order valence-corrected chi connectivity index (χ3v) is 6.44. The van der Waals surface area contributed by atoms with Crippen LogP contribution in [-0.2, 0) is 16.1 Å². The Balaban J connectivity index is 1.54. The van der Waals surface area contributed by atoms with Crippen molar-refractivity contribution in [3.63, 3.8) is 0 Å². The number of nitrogens with zero attached hydrogens (tertiary/aromatic N) is 1. The van der Waals surface area contributed by atoms with Gasteiger partial charge in [-0.05, 0) is 63.2 Å². The molecule has 0 atom stereocenters. The van der Waals surface area contributed by atoms with Crippen molar-refractivity contribution < 1.29 is 24.2 Å². The van der Waals surface area contributed by atoms with Crippen LogP contribution >= 0.6 is 23.2 Å². The van der Waals surface area contributed by atoms with E-state index in [0.717, 1.165) is 0 Å². The molecule has 1 saturated heterocycles. The van der Waals surface area contributed by atoms with Crippen molar-refractivity contribution in [2.45, 2.75) is 26.3 Å². The van der Waals surface area contributed by atoms with Gasteiger partial charge in [-0.25, -0.2) is 0 Å². The summed E-state index contributed by atoms with van der Waals surface area (Å²) in [5, 5.41) is 11.3. The van der Waals surface area contributed by atoms with Crippen LogP contribution < -0.4 is 4.74 Å². The van der Waals surface area contributed by atoms with Gasteiger partial charge >= 0.3 is 5.97 Å². The number of rotatable bonds is 5. The summed E-state index contributed by atoms with van der Waals surface area (Å²) in [6.45, 7) is 3.94. The Morgan fingerprint density at radius 2 is 1.91 bits per heavy atom. The lowest BCUT2D eigenvalue weighted by Crippen LogP contribution is -2.36. The van der Waals surface area contributed by atoms with Crippen LogP contribution in [0.25, 0.3) is 6.08 Å². The van der Waals surface area contributed by atoms with Crippen LogP contribution in [0.4, 0.5) is 0 Å². The molecule has 0 aromatic heterocycles. The summed E-state index contributed by atoms with van der Waals surface area (Å²) in [6.07, 6.45) is 2.90. The van der Waals surface area contributed by atoms with Crippen LogP contribution in [0.5, 0.6) is 11.5 Å². The van der Waals surface area contributed by atoms with Crippen LogP contribution in [0.3, 0.4) is 0 Å². The summed E-state index contributed by atoms with van der Waals surface area (Å²) in [4.78, 5) is 27.0. The van der Waals surface area contributed by atoms with Gasteiger partial charge in [-0.3, -0.25) is 14.5 Å². The van der Waals surface area contributed by atoms with Gasteiger partial charge in [0.1, 0.15) is 11.5 Å². The number of benzene rings is 2. The first-order valence-electron chi connectivity index (χ1n) is 10.5. The molecule has 8 heteroatoms. The van der Waals surface area contributed by atoms with E-state index in [1.165, 1.54) is 12.1 Å². The number of carbonyl (C=O) groups is 2. The summed E-state index contributed by atoms with van der Waals surface area (Å²) >= 11 is 12.5. The number of halogens is 2. The number of aromatic hydroxyl groups is 1. The molecule has 1 fully saturated rings. The predicted molar refractivity (Wildman–Crippen MR) is 122 cm³/mol. The number of ketones is 1. The second-order valence-corrected chi connectivity index (χ2v) is 8.63. The van der Waals surface area contributed by atoms with Crippen molar-refractivity contribution in [3.05, 3.63) is 62.8 Å². The van der Waals surface area contributed by atoms with E-state index in [0.29, 0.717) is 71.6 Å². The van der Waals surface area contributed by atoms with Crippen LogP contribution in [-0.4, -0.2) is 41.5 Å². The van der Waals surface area contributed by atoms with Crippen molar-refractivity contribution >= 4 is 41.0 Å². The average Bonchev–Trinajstić information content (AvgIpc) is 3.09. The van der Waals surface area contributed by atoms with Gasteiger partial charge in [0.05, 0.1) is 23.7 Å². The minimum atomic E-state index is -0.293. The zero-order valence-corrected chi connectivity index (χ0v) is 19.1. The number of ether oxygens (including phenoxy) is 2. The highest BCUT2D eigenvalue weighted by molar-refractivity contribution is 6.37. The number of phenolic OH excluding ortho intramolecular Hbond substituents is 1. The number of hydrogen-bond acceptors (Lipinski definition) is 6. The molecule has 1 N–H and O–H groups in total. The third kappa shape index (κ3) is 4.49. The van der Waals surface area contributed by atoms with Crippen molar-refractivity contribution in [2.24, 2.45) is 5.92 Å². The van der Waals surface area contributed by atoms with E-state index < -0.39 is 0 Å². The Morgan fingerprint density at radius 3 is 2.56 bits per heavy atom. The number of piperidine rings is 1. The Labute approximate surface area is 196 Å². The first kappa shape index (κ1) is 22.6. The second kappa shape index (κ2) is 9.53. The monoisotopic (exact) mass is 475 g/mol. The van der Waals surface area contributed by atoms with Crippen LogP contribution in [0, 0.1) is 5.92 Å². The molecule has 0 radical (unpaired) electrons. The van der Waals surface area contributed by atoms with E-state index in [2.05, 4.69) is 4.90 Å². The number of likely N-dealkylation sites (tertiary alicyclic amines) is 1. The molecule has 2 heterocycles. The average molecular weight is 476 g/mol. The van der Waals surface area contributed by atoms with Gasteiger partial charge in [-0.15, -0.1) is 0 Å². The molecule has 0 bridgehead atoms. The lowest BCUT2D eigenvalue weighted by atomic mass is 9.96. The minimum Gasteiger partial charge on any atom is -0.507 e. The summed E-state index contributed by atoms with van der Waals surface area (Å²) in [7, 11) is 0. The van der Waals surface area contributed by atoms with E-state index in [1.54, 1.807) is 31.2 Å². The zero-order chi connectivity index (χ0) is 22.8. The highest BCUT2D eigenvalue weighted by Crippen LogP contribution is 2.41. The van der Waals surface area contributed by atoms with Crippen molar-refractivity contribution in [1.29, 1.82) is 0 Å². The highest BCUT2D eigenvalue weighted by Gasteiger charge is 2.33. The first-order valence-corrected chi connectivity index (χ1v) is 11.3. The van der Waals surface area contributed by atoms with Crippen molar-refractivity contribution in [1.82, 2.24) is 4.90 Å². The number of fused-ring (bicyclic) bond motifs is 1. The summed E-state index contributed by atoms with van der Waals surface area (Å²) in [6, 6.07) is 8.15. The first-order chi connectivity index (χ1) is 15.4. The summed E-state index contributed by atoms with van der Waals surface area (Å²) in [5.41, 5.74) is 1.42. The zero-order valence-electron chi connectivity index (χ0n) is 17.6. The molecular formula is C24H23Cl2NO5. The van der Waals surface area contributed by atoms with Crippen LogP contribution in [0.2, 0.25) is 10.0 Å². The van der Waals surface area contributed by atoms with E-state index in [4.69, 9.17) is 32.7 Å². The van der Waals surface area contributed by atoms with Gasteiger partial charge in [-0.1, -0.05) is 29.3 Å². The van der Waals surface area contributed by atoms with Gasteiger partial charge in [0.2, 0.25) is 5.78 Å². The number of esters is 1. The molecule has 0 amide bonds. The number of carbonyl (C=O) groups excluding carboxylic acids is 2. The van der Waals surface area contributed by atoms with E-state index >= 15 is 0 Å². The lowest BCUT2D eigenvalue weighted by molar-refractivity contribution is -0.149. The molecule has 0 aliphatic carbocycles. The standard InChI is InChI=1S/C24H23Cl2NO5/c1-2-31-24(30)14-8-10-27(11-9-14)13-17-20(28)7-6-15-22(29)21(32-23(15)17)12-16-18(25)4-3-5-19(16)26/h3-7,12,14,28H,2,8-11,13H2,1H3/b21-12+. The Bertz CT molecular complexity index is 1070. The molecule has 0 saturated carbocycles. The highest BCUT2D eigenvalue weighted by atomic mass is 35.5.